The fourth-order valence-electron chi connectivity index (χ4n) is 2.64. The Morgan fingerprint density at radius 2 is 2.17 bits per heavy atom. The number of H-pyrrole nitrogens is 1. The maximum Gasteiger partial charge on any atom is 0.316 e. The molecule has 24 heavy (non-hydrogen) atoms. The van der Waals surface area contributed by atoms with Crippen molar-refractivity contribution < 1.29 is 14.2 Å². The fourth-order valence-corrected chi connectivity index (χ4v) is 2.64. The minimum atomic E-state index is -0.0373. The van der Waals surface area contributed by atoms with Gasteiger partial charge in [0.15, 0.2) is 0 Å². The average molecular weight is 326 g/mol. The van der Waals surface area contributed by atoms with E-state index in [2.05, 4.69) is 20.2 Å². The molecule has 7 heteroatoms. The van der Waals surface area contributed by atoms with Crippen LogP contribution >= 0.6 is 0 Å². The highest BCUT2D eigenvalue weighted by molar-refractivity contribution is 5.92. The summed E-state index contributed by atoms with van der Waals surface area (Å²) in [4.78, 5) is 8.60. The van der Waals surface area contributed by atoms with E-state index in [0.29, 0.717) is 31.5 Å². The molecular formula is C17H18N4O3. The maximum absolute atomic E-state index is 5.95. The molecule has 0 radical (unpaired) electrons. The van der Waals surface area contributed by atoms with Crippen LogP contribution < -0.4 is 9.47 Å². The Kier molecular flexibility index (Phi) is 4.00. The lowest BCUT2D eigenvalue weighted by Crippen LogP contribution is -2.20. The largest absolute Gasteiger partial charge is 0.488 e. The van der Waals surface area contributed by atoms with Crippen LogP contribution in [0.25, 0.3) is 22.3 Å². The molecule has 4 bridgehead atoms. The third kappa shape index (κ3) is 3.03. The minimum Gasteiger partial charge on any atom is -0.488 e. The molecule has 0 aliphatic carbocycles. The number of hydrogen-bond acceptors (Lipinski definition) is 6. The van der Waals surface area contributed by atoms with E-state index in [-0.39, 0.29) is 6.10 Å². The zero-order valence-corrected chi connectivity index (χ0v) is 13.4. The minimum absolute atomic E-state index is 0.0373. The van der Waals surface area contributed by atoms with Crippen molar-refractivity contribution in [2.75, 3.05) is 19.8 Å². The van der Waals surface area contributed by atoms with Gasteiger partial charge in [-0.2, -0.15) is 10.1 Å². The fraction of sp³-hybridized carbons (Fsp3) is 0.353. The summed E-state index contributed by atoms with van der Waals surface area (Å²) in [6.07, 6.45) is 2.40. The number of benzene rings is 1. The predicted molar refractivity (Wildman–Crippen MR) is 88.1 cm³/mol. The Balaban J connectivity index is 1.79. The van der Waals surface area contributed by atoms with E-state index < -0.39 is 0 Å². The number of fused-ring (bicyclic) bond motifs is 4. The van der Waals surface area contributed by atoms with E-state index in [4.69, 9.17) is 14.2 Å². The summed E-state index contributed by atoms with van der Waals surface area (Å²) in [7, 11) is 0. The third-order valence-electron chi connectivity index (χ3n) is 3.76. The van der Waals surface area contributed by atoms with Crippen LogP contribution in [-0.2, 0) is 4.74 Å². The average Bonchev–Trinajstić information content (AvgIpc) is 3.01. The van der Waals surface area contributed by atoms with Gasteiger partial charge in [0.05, 0.1) is 24.4 Å². The van der Waals surface area contributed by atoms with Gasteiger partial charge < -0.3 is 14.2 Å². The highest BCUT2D eigenvalue weighted by Gasteiger charge is 2.13. The van der Waals surface area contributed by atoms with Crippen LogP contribution in [0.4, 0.5) is 0 Å². The van der Waals surface area contributed by atoms with Crippen LogP contribution in [0.15, 0.2) is 30.5 Å². The normalized spacial score (nSPS) is 18.5. The van der Waals surface area contributed by atoms with Crippen molar-refractivity contribution >= 4 is 10.9 Å². The molecule has 0 amide bonds. The van der Waals surface area contributed by atoms with Gasteiger partial charge in [0.2, 0.25) is 0 Å². The van der Waals surface area contributed by atoms with Crippen LogP contribution in [0.2, 0.25) is 0 Å². The first-order valence-corrected chi connectivity index (χ1v) is 7.98. The van der Waals surface area contributed by atoms with E-state index in [1.807, 2.05) is 31.2 Å². The molecule has 0 spiro atoms. The van der Waals surface area contributed by atoms with Gasteiger partial charge in [-0.15, -0.1) is 0 Å². The van der Waals surface area contributed by atoms with Gasteiger partial charge in [-0.05, 0) is 31.2 Å². The molecule has 0 fully saturated rings. The van der Waals surface area contributed by atoms with Gasteiger partial charge in [0, 0.05) is 24.6 Å². The molecule has 7 nitrogen and oxygen atoms in total. The zero-order valence-electron chi connectivity index (χ0n) is 13.4. The molecule has 3 heterocycles. The van der Waals surface area contributed by atoms with Gasteiger partial charge >= 0.3 is 6.01 Å². The Labute approximate surface area is 139 Å². The summed E-state index contributed by atoms with van der Waals surface area (Å²) in [5, 5.41) is 8.36. The van der Waals surface area contributed by atoms with E-state index in [9.17, 15) is 0 Å². The molecule has 0 saturated heterocycles. The first-order chi connectivity index (χ1) is 11.8. The van der Waals surface area contributed by atoms with Crippen molar-refractivity contribution in [2.45, 2.75) is 19.4 Å². The van der Waals surface area contributed by atoms with Gasteiger partial charge in [-0.1, -0.05) is 0 Å². The number of hydrogen-bond donors (Lipinski definition) is 1. The molecule has 0 saturated carbocycles. The zero-order chi connectivity index (χ0) is 16.4. The first kappa shape index (κ1) is 14.9. The number of ether oxygens (including phenoxy) is 3. The molecule has 3 aromatic rings. The highest BCUT2D eigenvalue weighted by Crippen LogP contribution is 2.29. The van der Waals surface area contributed by atoms with E-state index in [1.54, 1.807) is 6.20 Å². The topological polar surface area (TPSA) is 82.2 Å². The molecule has 1 N–H and O–H groups in total. The number of aromatic nitrogens is 4. The SMILES string of the molecule is C[C@@H]1COCCCOc2nccc(n2)-c2n[nH]c3ccc(cc23)O1. The molecule has 2 aromatic heterocycles. The summed E-state index contributed by atoms with van der Waals surface area (Å²) in [5.74, 6) is 0.779. The number of rotatable bonds is 0. The highest BCUT2D eigenvalue weighted by atomic mass is 16.5. The van der Waals surface area contributed by atoms with Gasteiger partial charge in [-0.3, -0.25) is 5.10 Å². The van der Waals surface area contributed by atoms with E-state index in [0.717, 1.165) is 28.8 Å². The molecular weight excluding hydrogens is 308 g/mol. The monoisotopic (exact) mass is 326 g/mol. The summed E-state index contributed by atoms with van der Waals surface area (Å²) >= 11 is 0. The number of nitrogens with one attached hydrogen (secondary N) is 1. The van der Waals surface area contributed by atoms with Crippen LogP contribution in [0.5, 0.6) is 11.8 Å². The molecule has 1 atom stereocenters. The maximum atomic E-state index is 5.95. The lowest BCUT2D eigenvalue weighted by molar-refractivity contribution is 0.0523. The second kappa shape index (κ2) is 6.45. The van der Waals surface area contributed by atoms with Crippen LogP contribution in [0.3, 0.4) is 0 Å². The second-order valence-electron chi connectivity index (χ2n) is 5.71. The lowest BCUT2D eigenvalue weighted by atomic mass is 10.1. The standard InChI is InChI=1S/C17H18N4O3/c1-11-10-22-7-2-8-23-17-18-6-5-15(19-17)16-13-9-12(24-11)3-4-14(13)20-21-16/h3-6,9,11H,2,7-8,10H2,1H3,(H,20,21)/t11-/m1/s1. The van der Waals surface area contributed by atoms with Crippen LogP contribution in [-0.4, -0.2) is 46.1 Å². The Morgan fingerprint density at radius 1 is 1.21 bits per heavy atom. The molecule has 1 aliphatic heterocycles. The van der Waals surface area contributed by atoms with Crippen molar-refractivity contribution in [1.29, 1.82) is 0 Å². The first-order valence-electron chi connectivity index (χ1n) is 7.98. The summed E-state index contributed by atoms with van der Waals surface area (Å²) in [6, 6.07) is 8.00. The van der Waals surface area contributed by atoms with Gasteiger partial charge in [0.1, 0.15) is 17.5 Å². The number of nitrogens with zero attached hydrogens (tertiary/aromatic N) is 3. The Hall–Kier alpha value is -2.67. The molecule has 1 aromatic carbocycles. The molecule has 0 unspecified atom stereocenters. The Morgan fingerprint density at radius 3 is 3.12 bits per heavy atom. The molecule has 124 valence electrons. The number of aromatic amines is 1. The quantitative estimate of drug-likeness (QED) is 0.684. The van der Waals surface area contributed by atoms with Crippen molar-refractivity contribution in [2.24, 2.45) is 0 Å². The lowest BCUT2D eigenvalue weighted by Gasteiger charge is -2.15. The smallest absolute Gasteiger partial charge is 0.316 e. The van der Waals surface area contributed by atoms with E-state index >= 15 is 0 Å². The molecule has 1 aliphatic rings. The van der Waals surface area contributed by atoms with Crippen molar-refractivity contribution in [1.82, 2.24) is 20.2 Å². The van der Waals surface area contributed by atoms with Crippen LogP contribution in [0.1, 0.15) is 13.3 Å². The van der Waals surface area contributed by atoms with Gasteiger partial charge in [-0.25, -0.2) is 4.98 Å². The second-order valence-corrected chi connectivity index (χ2v) is 5.71. The van der Waals surface area contributed by atoms with Gasteiger partial charge in [0.25, 0.3) is 0 Å². The van der Waals surface area contributed by atoms with Crippen molar-refractivity contribution in [3.8, 4) is 23.1 Å². The predicted octanol–water partition coefficient (Wildman–Crippen LogP) is 2.59. The van der Waals surface area contributed by atoms with Crippen LogP contribution in [0, 0.1) is 0 Å². The summed E-state index contributed by atoms with van der Waals surface area (Å²) in [6.45, 7) is 3.63. The molecule has 4 rings (SSSR count). The Bertz CT molecular complexity index is 849. The summed E-state index contributed by atoms with van der Waals surface area (Å²) < 4.78 is 17.2. The summed E-state index contributed by atoms with van der Waals surface area (Å²) in [5.41, 5.74) is 2.38. The third-order valence-corrected chi connectivity index (χ3v) is 3.76. The van der Waals surface area contributed by atoms with Crippen molar-refractivity contribution in [3.05, 3.63) is 30.5 Å². The van der Waals surface area contributed by atoms with Crippen molar-refractivity contribution in [3.63, 3.8) is 0 Å². The van der Waals surface area contributed by atoms with E-state index in [1.165, 1.54) is 0 Å².